The molecule has 0 aliphatic rings. The van der Waals surface area contributed by atoms with E-state index in [-0.39, 0.29) is 5.91 Å². The first-order chi connectivity index (χ1) is 12.7. The van der Waals surface area contributed by atoms with E-state index in [1.807, 2.05) is 54.6 Å². The number of amides is 1. The molecule has 1 N–H and O–H groups in total. The normalized spacial score (nSPS) is 10.7. The minimum atomic E-state index is -0.283. The highest BCUT2D eigenvalue weighted by molar-refractivity contribution is 6.03. The Kier molecular flexibility index (Phi) is 4.07. The molecule has 6 nitrogen and oxygen atoms in total. The van der Waals surface area contributed by atoms with Gasteiger partial charge in [-0.3, -0.25) is 9.78 Å². The van der Waals surface area contributed by atoms with Crippen LogP contribution in [0.25, 0.3) is 16.6 Å². The second kappa shape index (κ2) is 6.68. The smallest absolute Gasteiger partial charge is 0.276 e. The van der Waals surface area contributed by atoms with E-state index in [0.29, 0.717) is 11.4 Å². The summed E-state index contributed by atoms with van der Waals surface area (Å²) in [4.78, 5) is 16.8. The molecule has 4 aromatic rings. The third-order valence-corrected chi connectivity index (χ3v) is 4.01. The van der Waals surface area contributed by atoms with Gasteiger partial charge in [-0.1, -0.05) is 18.2 Å². The van der Waals surface area contributed by atoms with Crippen LogP contribution in [-0.2, 0) is 0 Å². The first-order valence-electron chi connectivity index (χ1n) is 8.09. The maximum absolute atomic E-state index is 12.5. The van der Waals surface area contributed by atoms with Gasteiger partial charge >= 0.3 is 0 Å². The zero-order valence-electron chi connectivity index (χ0n) is 14.1. The number of pyridine rings is 1. The lowest BCUT2D eigenvalue weighted by Gasteiger charge is -2.05. The lowest BCUT2D eigenvalue weighted by atomic mass is 10.2. The van der Waals surface area contributed by atoms with Crippen LogP contribution in [0, 0.1) is 0 Å². The summed E-state index contributed by atoms with van der Waals surface area (Å²) >= 11 is 0. The number of ether oxygens (including phenoxy) is 1. The molecule has 0 fully saturated rings. The van der Waals surface area contributed by atoms with Crippen molar-refractivity contribution in [2.24, 2.45) is 0 Å². The van der Waals surface area contributed by atoms with Crippen LogP contribution >= 0.6 is 0 Å². The fourth-order valence-electron chi connectivity index (χ4n) is 2.66. The summed E-state index contributed by atoms with van der Waals surface area (Å²) in [6.07, 6.45) is 3.38. The minimum Gasteiger partial charge on any atom is -0.497 e. The van der Waals surface area contributed by atoms with Gasteiger partial charge in [-0.25, -0.2) is 4.68 Å². The number of aromatic nitrogens is 3. The van der Waals surface area contributed by atoms with Crippen molar-refractivity contribution in [2.75, 3.05) is 12.4 Å². The number of rotatable bonds is 4. The fourth-order valence-corrected chi connectivity index (χ4v) is 2.66. The molecular formula is C20H16N4O2. The zero-order chi connectivity index (χ0) is 17.9. The van der Waals surface area contributed by atoms with Crippen molar-refractivity contribution >= 4 is 22.5 Å². The summed E-state index contributed by atoms with van der Waals surface area (Å²) < 4.78 is 6.79. The molecule has 0 saturated carbocycles. The van der Waals surface area contributed by atoms with Crippen molar-refractivity contribution in [1.29, 1.82) is 0 Å². The van der Waals surface area contributed by atoms with Gasteiger partial charge in [0.15, 0.2) is 5.69 Å². The molecule has 0 aliphatic heterocycles. The lowest BCUT2D eigenvalue weighted by Crippen LogP contribution is -2.13. The number of nitrogens with zero attached hydrogens (tertiary/aromatic N) is 3. The Labute approximate surface area is 150 Å². The van der Waals surface area contributed by atoms with Gasteiger partial charge in [0.05, 0.1) is 30.2 Å². The first kappa shape index (κ1) is 15.8. The molecule has 0 radical (unpaired) electrons. The minimum absolute atomic E-state index is 0.283. The quantitative estimate of drug-likeness (QED) is 0.613. The maximum atomic E-state index is 12.5. The maximum Gasteiger partial charge on any atom is 0.276 e. The predicted molar refractivity (Wildman–Crippen MR) is 99.8 cm³/mol. The molecule has 1 amide bonds. The fraction of sp³-hybridized carbons (Fsp3) is 0.0500. The Morgan fingerprint density at radius 1 is 1.08 bits per heavy atom. The molecule has 0 saturated heterocycles. The van der Waals surface area contributed by atoms with Gasteiger partial charge in [0.1, 0.15) is 5.75 Å². The molecular weight excluding hydrogens is 328 g/mol. The summed E-state index contributed by atoms with van der Waals surface area (Å²) in [7, 11) is 1.62. The Balaban J connectivity index is 1.53. The number of benzene rings is 2. The lowest BCUT2D eigenvalue weighted by molar-refractivity contribution is 0.102. The van der Waals surface area contributed by atoms with Crippen molar-refractivity contribution in [1.82, 2.24) is 14.8 Å². The SMILES string of the molecule is COc1ccc(-n2ccc(C(=O)Nc3cnc4ccccc4c3)n2)cc1. The van der Waals surface area contributed by atoms with Crippen molar-refractivity contribution in [3.8, 4) is 11.4 Å². The van der Waals surface area contributed by atoms with Crippen molar-refractivity contribution in [2.45, 2.75) is 0 Å². The zero-order valence-corrected chi connectivity index (χ0v) is 14.1. The molecule has 128 valence electrons. The summed E-state index contributed by atoms with van der Waals surface area (Å²) in [5.41, 5.74) is 2.69. The molecule has 0 unspecified atom stereocenters. The van der Waals surface area contributed by atoms with Crippen LogP contribution < -0.4 is 10.1 Å². The third kappa shape index (κ3) is 3.12. The van der Waals surface area contributed by atoms with E-state index >= 15 is 0 Å². The molecule has 26 heavy (non-hydrogen) atoms. The molecule has 0 aliphatic carbocycles. The van der Waals surface area contributed by atoms with Gasteiger partial charge < -0.3 is 10.1 Å². The van der Waals surface area contributed by atoms with Crippen molar-refractivity contribution < 1.29 is 9.53 Å². The second-order valence-electron chi connectivity index (χ2n) is 5.71. The van der Waals surface area contributed by atoms with E-state index < -0.39 is 0 Å². The van der Waals surface area contributed by atoms with Crippen LogP contribution in [0.4, 0.5) is 5.69 Å². The topological polar surface area (TPSA) is 69.0 Å². The van der Waals surface area contributed by atoms with Gasteiger partial charge in [0.2, 0.25) is 0 Å². The number of anilines is 1. The number of carbonyl (C=O) groups excluding carboxylic acids is 1. The van der Waals surface area contributed by atoms with Gasteiger partial charge in [-0.2, -0.15) is 5.10 Å². The Morgan fingerprint density at radius 3 is 2.69 bits per heavy atom. The Morgan fingerprint density at radius 2 is 1.88 bits per heavy atom. The van der Waals surface area contributed by atoms with Gasteiger partial charge in [-0.15, -0.1) is 0 Å². The number of para-hydroxylation sites is 1. The highest BCUT2D eigenvalue weighted by Crippen LogP contribution is 2.17. The molecule has 0 atom stereocenters. The average molecular weight is 344 g/mol. The summed E-state index contributed by atoms with van der Waals surface area (Å²) in [5, 5.41) is 8.14. The van der Waals surface area contributed by atoms with Crippen molar-refractivity contribution in [3.05, 3.63) is 78.8 Å². The number of hydrogen-bond acceptors (Lipinski definition) is 4. The predicted octanol–water partition coefficient (Wildman–Crippen LogP) is 3.68. The van der Waals surface area contributed by atoms with Crippen LogP contribution in [-0.4, -0.2) is 27.8 Å². The summed E-state index contributed by atoms with van der Waals surface area (Å²) in [6, 6.07) is 18.8. The first-order valence-corrected chi connectivity index (χ1v) is 8.09. The average Bonchev–Trinajstić information content (AvgIpc) is 3.18. The molecule has 4 rings (SSSR count). The van der Waals surface area contributed by atoms with E-state index in [0.717, 1.165) is 22.3 Å². The highest BCUT2D eigenvalue weighted by atomic mass is 16.5. The van der Waals surface area contributed by atoms with E-state index in [1.165, 1.54) is 0 Å². The highest BCUT2D eigenvalue weighted by Gasteiger charge is 2.11. The van der Waals surface area contributed by atoms with Crippen LogP contribution in [0.5, 0.6) is 5.75 Å². The van der Waals surface area contributed by atoms with E-state index in [2.05, 4.69) is 15.4 Å². The summed E-state index contributed by atoms with van der Waals surface area (Å²) in [6.45, 7) is 0. The third-order valence-electron chi connectivity index (χ3n) is 4.01. The Hall–Kier alpha value is -3.67. The molecule has 2 aromatic heterocycles. The van der Waals surface area contributed by atoms with Crippen molar-refractivity contribution in [3.63, 3.8) is 0 Å². The van der Waals surface area contributed by atoms with Crippen LogP contribution in [0.3, 0.4) is 0 Å². The number of methoxy groups -OCH3 is 1. The van der Waals surface area contributed by atoms with Crippen LogP contribution in [0.2, 0.25) is 0 Å². The van der Waals surface area contributed by atoms with E-state index in [1.54, 1.807) is 30.3 Å². The van der Waals surface area contributed by atoms with Gasteiger partial charge in [0, 0.05) is 11.6 Å². The Bertz CT molecular complexity index is 1070. The number of hydrogen-bond donors (Lipinski definition) is 1. The summed E-state index contributed by atoms with van der Waals surface area (Å²) in [5.74, 6) is 0.483. The molecule has 0 spiro atoms. The molecule has 2 heterocycles. The van der Waals surface area contributed by atoms with E-state index in [9.17, 15) is 4.79 Å². The van der Waals surface area contributed by atoms with Crippen LogP contribution in [0.15, 0.2) is 73.1 Å². The number of carbonyl (C=O) groups is 1. The van der Waals surface area contributed by atoms with Crippen LogP contribution in [0.1, 0.15) is 10.5 Å². The molecule has 2 aromatic carbocycles. The van der Waals surface area contributed by atoms with E-state index in [4.69, 9.17) is 4.74 Å². The second-order valence-corrected chi connectivity index (χ2v) is 5.71. The number of fused-ring (bicyclic) bond motifs is 1. The molecule has 6 heteroatoms. The molecule has 0 bridgehead atoms. The number of nitrogens with one attached hydrogen (secondary N) is 1. The largest absolute Gasteiger partial charge is 0.497 e. The monoisotopic (exact) mass is 344 g/mol. The standard InChI is InChI=1S/C20H16N4O2/c1-26-17-8-6-16(7-9-17)24-11-10-19(23-24)20(25)22-15-12-14-4-2-3-5-18(14)21-13-15/h2-13H,1H3,(H,22,25). The van der Waals surface area contributed by atoms with Gasteiger partial charge in [-0.05, 0) is 42.5 Å². The van der Waals surface area contributed by atoms with Gasteiger partial charge in [0.25, 0.3) is 5.91 Å².